The average molecular weight is 352 g/mol. The van der Waals surface area contributed by atoms with Crippen LogP contribution in [0.4, 0.5) is 20.2 Å². The molecule has 5 nitrogen and oxygen atoms in total. The van der Waals surface area contributed by atoms with Crippen molar-refractivity contribution >= 4 is 33.4 Å². The number of sulfonamides is 1. The number of benzene rings is 2. The van der Waals surface area contributed by atoms with Crippen LogP contribution in [0.5, 0.6) is 0 Å². The summed E-state index contributed by atoms with van der Waals surface area (Å²) in [5.41, 5.74) is 0.912. The highest BCUT2D eigenvalue weighted by Gasteiger charge is 2.06. The Balaban J connectivity index is 2.01. The molecule has 0 fully saturated rings. The molecule has 0 saturated carbocycles. The summed E-state index contributed by atoms with van der Waals surface area (Å²) in [7, 11) is -3.35. The van der Waals surface area contributed by atoms with Gasteiger partial charge in [-0.3, -0.25) is 9.52 Å². The van der Waals surface area contributed by atoms with E-state index in [0.717, 1.165) is 18.4 Å². The highest BCUT2D eigenvalue weighted by atomic mass is 32.2. The van der Waals surface area contributed by atoms with Gasteiger partial charge in [-0.2, -0.15) is 0 Å². The van der Waals surface area contributed by atoms with Crippen LogP contribution in [0, 0.1) is 11.6 Å². The minimum atomic E-state index is -3.35. The van der Waals surface area contributed by atoms with Gasteiger partial charge in [0.2, 0.25) is 15.9 Å². The van der Waals surface area contributed by atoms with Gasteiger partial charge in [0.05, 0.1) is 11.9 Å². The Morgan fingerprint density at radius 2 is 1.75 bits per heavy atom. The molecule has 0 bridgehead atoms. The third-order valence-electron chi connectivity index (χ3n) is 2.83. The zero-order valence-electron chi connectivity index (χ0n) is 12.6. The number of halogens is 2. The number of anilines is 2. The summed E-state index contributed by atoms with van der Waals surface area (Å²) in [5.74, 6) is -2.18. The number of amides is 1. The van der Waals surface area contributed by atoms with Gasteiger partial charge in [-0.1, -0.05) is 12.1 Å². The van der Waals surface area contributed by atoms with Crippen LogP contribution in [0.1, 0.15) is 5.56 Å². The molecule has 2 N–H and O–H groups in total. The van der Waals surface area contributed by atoms with E-state index in [2.05, 4.69) is 10.0 Å². The molecular formula is C16H14F2N2O3S. The van der Waals surface area contributed by atoms with Crippen molar-refractivity contribution < 1.29 is 22.0 Å². The smallest absolute Gasteiger partial charge is 0.248 e. The first-order valence-corrected chi connectivity index (χ1v) is 8.64. The lowest BCUT2D eigenvalue weighted by molar-refractivity contribution is -0.111. The minimum Gasteiger partial charge on any atom is -0.320 e. The van der Waals surface area contributed by atoms with Gasteiger partial charge in [-0.05, 0) is 35.9 Å². The molecule has 2 rings (SSSR count). The lowest BCUT2D eigenvalue weighted by atomic mass is 10.2. The summed E-state index contributed by atoms with van der Waals surface area (Å²) >= 11 is 0. The largest absolute Gasteiger partial charge is 0.320 e. The van der Waals surface area contributed by atoms with Gasteiger partial charge in [0.1, 0.15) is 11.6 Å². The molecule has 1 amide bonds. The third-order valence-corrected chi connectivity index (χ3v) is 3.44. The molecule has 0 unspecified atom stereocenters. The van der Waals surface area contributed by atoms with Crippen LogP contribution in [-0.2, 0) is 14.8 Å². The molecule has 0 heterocycles. The molecule has 24 heavy (non-hydrogen) atoms. The predicted molar refractivity (Wildman–Crippen MR) is 88.9 cm³/mol. The van der Waals surface area contributed by atoms with Crippen LogP contribution in [0.3, 0.4) is 0 Å². The van der Waals surface area contributed by atoms with Crippen molar-refractivity contribution in [1.82, 2.24) is 0 Å². The summed E-state index contributed by atoms with van der Waals surface area (Å²) in [6.45, 7) is 0. The monoisotopic (exact) mass is 352 g/mol. The molecule has 126 valence electrons. The average Bonchev–Trinajstić information content (AvgIpc) is 2.48. The Bertz CT molecular complexity index is 879. The number of hydrogen-bond donors (Lipinski definition) is 2. The van der Waals surface area contributed by atoms with Gasteiger partial charge < -0.3 is 5.32 Å². The van der Waals surface area contributed by atoms with Crippen molar-refractivity contribution in [3.05, 3.63) is 65.7 Å². The lowest BCUT2D eigenvalue weighted by Crippen LogP contribution is -2.09. The number of carbonyl (C=O) groups excluding carboxylic acids is 1. The fraction of sp³-hybridized carbons (Fsp3) is 0.0625. The van der Waals surface area contributed by atoms with E-state index in [9.17, 15) is 22.0 Å². The molecule has 2 aromatic carbocycles. The highest BCUT2D eigenvalue weighted by molar-refractivity contribution is 7.92. The normalized spacial score (nSPS) is 11.5. The quantitative estimate of drug-likeness (QED) is 0.813. The number of carbonyl (C=O) groups is 1. The highest BCUT2D eigenvalue weighted by Crippen LogP contribution is 2.15. The molecule has 0 aliphatic carbocycles. The summed E-state index contributed by atoms with van der Waals surface area (Å²) < 4.78 is 50.7. The van der Waals surface area contributed by atoms with Crippen LogP contribution in [0.2, 0.25) is 0 Å². The molecular weight excluding hydrogens is 338 g/mol. The number of hydrogen-bond acceptors (Lipinski definition) is 3. The van der Waals surface area contributed by atoms with Crippen LogP contribution >= 0.6 is 0 Å². The summed E-state index contributed by atoms with van der Waals surface area (Å²) in [4.78, 5) is 11.7. The summed E-state index contributed by atoms with van der Waals surface area (Å²) in [6.07, 6.45) is 3.70. The zero-order valence-corrected chi connectivity index (χ0v) is 13.4. The van der Waals surface area contributed by atoms with Gasteiger partial charge in [-0.25, -0.2) is 17.2 Å². The Morgan fingerprint density at radius 3 is 2.33 bits per heavy atom. The van der Waals surface area contributed by atoms with E-state index < -0.39 is 27.6 Å². The number of nitrogens with one attached hydrogen (secondary N) is 2. The van der Waals surface area contributed by atoms with Gasteiger partial charge in [0.15, 0.2) is 0 Å². The maximum absolute atomic E-state index is 13.4. The van der Waals surface area contributed by atoms with E-state index in [1.165, 1.54) is 24.3 Å². The second kappa shape index (κ2) is 7.22. The number of rotatable bonds is 5. The summed E-state index contributed by atoms with van der Waals surface area (Å²) in [5, 5.41) is 2.29. The van der Waals surface area contributed by atoms with Crippen molar-refractivity contribution in [1.29, 1.82) is 0 Å². The second-order valence-electron chi connectivity index (χ2n) is 4.94. The minimum absolute atomic E-state index is 0.126. The predicted octanol–water partition coefficient (Wildman–Crippen LogP) is 2.99. The Hall–Kier alpha value is -2.74. The first-order valence-electron chi connectivity index (χ1n) is 6.75. The van der Waals surface area contributed by atoms with Crippen molar-refractivity contribution in [2.24, 2.45) is 0 Å². The van der Waals surface area contributed by atoms with E-state index in [-0.39, 0.29) is 5.69 Å². The fourth-order valence-electron chi connectivity index (χ4n) is 1.81. The Kier molecular flexibility index (Phi) is 5.30. The van der Waals surface area contributed by atoms with Crippen LogP contribution in [0.25, 0.3) is 6.08 Å². The van der Waals surface area contributed by atoms with Gasteiger partial charge in [0.25, 0.3) is 0 Å². The van der Waals surface area contributed by atoms with Crippen LogP contribution in [0.15, 0.2) is 48.5 Å². The standard InChI is InChI=1S/C16H14F2N2O3S/c1-24(22,23)20-13-6-2-11(3-7-13)4-9-16(21)19-15-8-5-12(17)10-14(15)18/h2-10,20H,1H3,(H,19,21)/b9-4+. The second-order valence-corrected chi connectivity index (χ2v) is 6.69. The zero-order chi connectivity index (χ0) is 17.7. The molecule has 0 radical (unpaired) electrons. The summed E-state index contributed by atoms with van der Waals surface area (Å²) in [6, 6.07) is 9.13. The van der Waals surface area contributed by atoms with Crippen molar-refractivity contribution in [2.75, 3.05) is 16.3 Å². The van der Waals surface area contributed by atoms with E-state index in [1.807, 2.05) is 0 Å². The fourth-order valence-corrected chi connectivity index (χ4v) is 2.38. The van der Waals surface area contributed by atoms with Crippen LogP contribution in [-0.4, -0.2) is 20.6 Å². The molecule has 0 spiro atoms. The van der Waals surface area contributed by atoms with E-state index >= 15 is 0 Å². The molecule has 0 aliphatic heterocycles. The Morgan fingerprint density at radius 1 is 1.08 bits per heavy atom. The Labute approximate surface area is 138 Å². The first-order chi connectivity index (χ1) is 11.2. The molecule has 8 heteroatoms. The third kappa shape index (κ3) is 5.47. The first kappa shape index (κ1) is 17.6. The van der Waals surface area contributed by atoms with E-state index in [1.54, 1.807) is 12.1 Å². The maximum atomic E-state index is 13.4. The van der Waals surface area contributed by atoms with Gasteiger partial charge in [-0.15, -0.1) is 0 Å². The molecule has 0 aromatic heterocycles. The molecule has 2 aromatic rings. The van der Waals surface area contributed by atoms with Gasteiger partial charge in [0, 0.05) is 17.8 Å². The molecule has 0 saturated heterocycles. The topological polar surface area (TPSA) is 75.3 Å². The molecule has 0 atom stereocenters. The maximum Gasteiger partial charge on any atom is 0.248 e. The van der Waals surface area contributed by atoms with E-state index in [0.29, 0.717) is 17.3 Å². The lowest BCUT2D eigenvalue weighted by Gasteiger charge is -2.04. The van der Waals surface area contributed by atoms with Crippen molar-refractivity contribution in [3.8, 4) is 0 Å². The van der Waals surface area contributed by atoms with Crippen molar-refractivity contribution in [2.45, 2.75) is 0 Å². The van der Waals surface area contributed by atoms with Gasteiger partial charge >= 0.3 is 0 Å². The SMILES string of the molecule is CS(=O)(=O)Nc1ccc(/C=C/C(=O)Nc2ccc(F)cc2F)cc1. The molecule has 0 aliphatic rings. The van der Waals surface area contributed by atoms with E-state index in [4.69, 9.17) is 0 Å². The van der Waals surface area contributed by atoms with Crippen LogP contribution < -0.4 is 10.0 Å². The van der Waals surface area contributed by atoms with Crippen molar-refractivity contribution in [3.63, 3.8) is 0 Å².